The average Bonchev–Trinajstić information content (AvgIpc) is 2.39. The molecule has 1 aliphatic heterocycles. The molecule has 2 aliphatic rings. The molecule has 0 amide bonds. The molecule has 21 heavy (non-hydrogen) atoms. The number of hydrogen-bond donors (Lipinski definition) is 1. The lowest BCUT2D eigenvalue weighted by Crippen LogP contribution is -2.65. The van der Waals surface area contributed by atoms with E-state index in [2.05, 4.69) is 44.8 Å². The number of nitrogens with one attached hydrogen (secondary N) is 1. The predicted octanol–water partition coefficient (Wildman–Crippen LogP) is 4.45. The molecule has 0 bridgehead atoms. The third kappa shape index (κ3) is 4.96. The van der Waals surface area contributed by atoms with Crippen LogP contribution < -0.4 is 5.32 Å². The molecule has 2 nitrogen and oxygen atoms in total. The van der Waals surface area contributed by atoms with Crippen molar-refractivity contribution in [2.75, 3.05) is 19.6 Å². The van der Waals surface area contributed by atoms with Crippen molar-refractivity contribution in [3.8, 4) is 0 Å². The third-order valence-electron chi connectivity index (χ3n) is 5.50. The second kappa shape index (κ2) is 7.00. The molecule has 1 saturated carbocycles. The molecule has 1 saturated heterocycles. The summed E-state index contributed by atoms with van der Waals surface area (Å²) in [6, 6.07) is 0.706. The topological polar surface area (TPSA) is 15.3 Å². The van der Waals surface area contributed by atoms with E-state index in [1.807, 2.05) is 0 Å². The van der Waals surface area contributed by atoms with Gasteiger partial charge in [0.1, 0.15) is 0 Å². The monoisotopic (exact) mass is 294 g/mol. The highest BCUT2D eigenvalue weighted by Crippen LogP contribution is 2.37. The van der Waals surface area contributed by atoms with Crippen molar-refractivity contribution in [1.82, 2.24) is 10.2 Å². The van der Waals surface area contributed by atoms with Crippen LogP contribution >= 0.6 is 0 Å². The van der Waals surface area contributed by atoms with Crippen molar-refractivity contribution in [2.24, 2.45) is 11.3 Å². The van der Waals surface area contributed by atoms with E-state index in [1.165, 1.54) is 64.6 Å². The third-order valence-corrected chi connectivity index (χ3v) is 5.50. The van der Waals surface area contributed by atoms with Crippen LogP contribution in [0.4, 0.5) is 0 Å². The first-order chi connectivity index (χ1) is 9.81. The van der Waals surface area contributed by atoms with Gasteiger partial charge in [-0.25, -0.2) is 0 Å². The van der Waals surface area contributed by atoms with Crippen LogP contribution in [0.2, 0.25) is 0 Å². The summed E-state index contributed by atoms with van der Waals surface area (Å²) in [7, 11) is 0. The van der Waals surface area contributed by atoms with Gasteiger partial charge in [-0.1, -0.05) is 53.9 Å². The summed E-state index contributed by atoms with van der Waals surface area (Å²) in [5.41, 5.74) is 0.936. The van der Waals surface area contributed by atoms with E-state index in [1.54, 1.807) is 0 Å². The second-order valence-electron chi connectivity index (χ2n) is 9.25. The van der Waals surface area contributed by atoms with Crippen molar-refractivity contribution >= 4 is 0 Å². The molecule has 1 atom stereocenters. The van der Waals surface area contributed by atoms with Gasteiger partial charge in [0.15, 0.2) is 0 Å². The Morgan fingerprint density at radius 3 is 2.38 bits per heavy atom. The number of rotatable bonds is 4. The zero-order valence-electron chi connectivity index (χ0n) is 15.2. The van der Waals surface area contributed by atoms with E-state index in [0.717, 1.165) is 5.92 Å². The van der Waals surface area contributed by atoms with Crippen LogP contribution in [-0.2, 0) is 0 Å². The fourth-order valence-corrected chi connectivity index (χ4v) is 4.20. The van der Waals surface area contributed by atoms with E-state index in [-0.39, 0.29) is 0 Å². The van der Waals surface area contributed by atoms with Gasteiger partial charge in [-0.3, -0.25) is 4.90 Å². The molecule has 0 aromatic carbocycles. The van der Waals surface area contributed by atoms with Crippen LogP contribution in [0.1, 0.15) is 79.6 Å². The highest BCUT2D eigenvalue weighted by Gasteiger charge is 2.42. The Balaban J connectivity index is 2.02. The highest BCUT2D eigenvalue weighted by atomic mass is 15.3. The van der Waals surface area contributed by atoms with Crippen LogP contribution in [-0.4, -0.2) is 36.1 Å². The molecule has 1 aliphatic carbocycles. The van der Waals surface area contributed by atoms with Gasteiger partial charge in [0.25, 0.3) is 0 Å². The molecule has 2 heteroatoms. The summed E-state index contributed by atoms with van der Waals surface area (Å²) in [6.07, 6.45) is 9.79. The summed E-state index contributed by atoms with van der Waals surface area (Å²) in [5, 5.41) is 3.90. The molecule has 2 fully saturated rings. The zero-order valence-corrected chi connectivity index (χ0v) is 15.2. The van der Waals surface area contributed by atoms with E-state index < -0.39 is 0 Å². The lowest BCUT2D eigenvalue weighted by atomic mass is 9.77. The second-order valence-corrected chi connectivity index (χ2v) is 9.25. The van der Waals surface area contributed by atoms with Gasteiger partial charge in [0.2, 0.25) is 0 Å². The quantitative estimate of drug-likeness (QED) is 0.824. The average molecular weight is 295 g/mol. The maximum atomic E-state index is 3.90. The van der Waals surface area contributed by atoms with Crippen molar-refractivity contribution in [3.05, 3.63) is 0 Å². The van der Waals surface area contributed by atoms with Crippen molar-refractivity contribution in [2.45, 2.75) is 91.1 Å². The molecule has 2 rings (SSSR count). The maximum Gasteiger partial charge on any atom is 0.0334 e. The minimum atomic E-state index is 0.453. The normalized spacial score (nSPS) is 27.4. The molecule has 0 radical (unpaired) electrons. The molecule has 1 N–H and O–H groups in total. The SMILES string of the molecule is CC(C)CC1CN(CCC(C)(C)C)C2(CCCCC2)CN1. The first kappa shape index (κ1) is 17.3. The largest absolute Gasteiger partial charge is 0.311 e. The van der Waals surface area contributed by atoms with Crippen molar-refractivity contribution in [1.29, 1.82) is 0 Å². The van der Waals surface area contributed by atoms with E-state index in [9.17, 15) is 0 Å². The van der Waals surface area contributed by atoms with E-state index in [4.69, 9.17) is 0 Å². The molecular formula is C19H38N2. The van der Waals surface area contributed by atoms with E-state index in [0.29, 0.717) is 17.0 Å². The number of hydrogen-bond acceptors (Lipinski definition) is 2. The first-order valence-corrected chi connectivity index (χ1v) is 9.29. The zero-order chi connectivity index (χ0) is 15.5. The summed E-state index contributed by atoms with van der Waals surface area (Å²) < 4.78 is 0. The maximum absolute atomic E-state index is 3.90. The molecular weight excluding hydrogens is 256 g/mol. The minimum absolute atomic E-state index is 0.453. The Labute approximate surface area is 133 Å². The smallest absolute Gasteiger partial charge is 0.0334 e. The molecule has 1 spiro atoms. The van der Waals surface area contributed by atoms with Crippen LogP contribution in [0, 0.1) is 11.3 Å². The summed E-state index contributed by atoms with van der Waals surface area (Å²) in [4.78, 5) is 2.89. The number of piperazine rings is 1. The standard InChI is InChI=1S/C19H38N2/c1-16(2)13-17-14-21(12-11-18(3,4)5)19(15-20-17)9-7-6-8-10-19/h16-17,20H,6-15H2,1-5H3. The Morgan fingerprint density at radius 1 is 1.14 bits per heavy atom. The Kier molecular flexibility index (Phi) is 5.76. The molecule has 124 valence electrons. The van der Waals surface area contributed by atoms with Gasteiger partial charge in [-0.15, -0.1) is 0 Å². The van der Waals surface area contributed by atoms with Crippen LogP contribution in [0.3, 0.4) is 0 Å². The van der Waals surface area contributed by atoms with Gasteiger partial charge >= 0.3 is 0 Å². The van der Waals surface area contributed by atoms with Gasteiger partial charge < -0.3 is 5.32 Å². The lowest BCUT2D eigenvalue weighted by molar-refractivity contribution is 0.000139. The summed E-state index contributed by atoms with van der Waals surface area (Å²) >= 11 is 0. The number of nitrogens with zero attached hydrogens (tertiary/aromatic N) is 1. The highest BCUT2D eigenvalue weighted by molar-refractivity contribution is 5.00. The molecule has 0 aromatic rings. The van der Waals surface area contributed by atoms with Gasteiger partial charge in [-0.05, 0) is 43.6 Å². The Bertz CT molecular complexity index is 310. The summed E-state index contributed by atoms with van der Waals surface area (Å²) in [6.45, 7) is 15.7. The van der Waals surface area contributed by atoms with Crippen LogP contribution in [0.15, 0.2) is 0 Å². The van der Waals surface area contributed by atoms with E-state index >= 15 is 0 Å². The van der Waals surface area contributed by atoms with Gasteiger partial charge in [0, 0.05) is 24.7 Å². The van der Waals surface area contributed by atoms with Gasteiger partial charge in [-0.2, -0.15) is 0 Å². The van der Waals surface area contributed by atoms with Gasteiger partial charge in [0.05, 0.1) is 0 Å². The first-order valence-electron chi connectivity index (χ1n) is 9.29. The molecule has 1 heterocycles. The fourth-order valence-electron chi connectivity index (χ4n) is 4.20. The Morgan fingerprint density at radius 2 is 1.81 bits per heavy atom. The summed E-state index contributed by atoms with van der Waals surface area (Å²) in [5.74, 6) is 0.798. The fraction of sp³-hybridized carbons (Fsp3) is 1.00. The lowest BCUT2D eigenvalue weighted by Gasteiger charge is -2.53. The minimum Gasteiger partial charge on any atom is -0.311 e. The molecule has 1 unspecified atom stereocenters. The Hall–Kier alpha value is -0.0800. The molecule has 0 aromatic heterocycles. The van der Waals surface area contributed by atoms with Crippen molar-refractivity contribution < 1.29 is 0 Å². The van der Waals surface area contributed by atoms with Crippen molar-refractivity contribution in [3.63, 3.8) is 0 Å². The van der Waals surface area contributed by atoms with Crippen LogP contribution in [0.25, 0.3) is 0 Å². The van der Waals surface area contributed by atoms with Crippen LogP contribution in [0.5, 0.6) is 0 Å². The predicted molar refractivity (Wildman–Crippen MR) is 92.7 cm³/mol.